The van der Waals surface area contributed by atoms with Crippen LogP contribution in [0.3, 0.4) is 0 Å². The van der Waals surface area contributed by atoms with Crippen LogP contribution < -0.4 is 10.6 Å². The van der Waals surface area contributed by atoms with Crippen molar-refractivity contribution < 1.29 is 0 Å². The summed E-state index contributed by atoms with van der Waals surface area (Å²) < 4.78 is 0. The average Bonchev–Trinajstić information content (AvgIpc) is 2.04. The van der Waals surface area contributed by atoms with Crippen LogP contribution >= 0.6 is 24.8 Å². The summed E-state index contributed by atoms with van der Waals surface area (Å²) in [4.78, 5) is 2.29. The second kappa shape index (κ2) is 5.32. The van der Waals surface area contributed by atoms with Crippen molar-refractivity contribution in [1.29, 1.82) is 0 Å². The number of halogens is 2. The van der Waals surface area contributed by atoms with Crippen molar-refractivity contribution in [2.24, 2.45) is 0 Å². The van der Waals surface area contributed by atoms with Gasteiger partial charge in [-0.3, -0.25) is 0 Å². The van der Waals surface area contributed by atoms with E-state index in [0.717, 1.165) is 12.2 Å². The number of fused-ring (bicyclic) bond motifs is 1. The molecule has 4 heteroatoms. The van der Waals surface area contributed by atoms with Gasteiger partial charge in [-0.25, -0.2) is 0 Å². The van der Waals surface area contributed by atoms with Crippen molar-refractivity contribution >= 4 is 36.2 Å². The minimum atomic E-state index is 0. The summed E-state index contributed by atoms with van der Waals surface area (Å²) >= 11 is 0. The standard InChI is InChI=1S/C10H14N2.2ClH/c1-12-6-2-3-8-7-9(11)4-5-10(8)12;;/h4-5,7H,2-3,6,11H2,1H3;2*1H. The third kappa shape index (κ3) is 2.46. The number of nitrogen functional groups attached to an aromatic ring is 1. The van der Waals surface area contributed by atoms with Crippen molar-refractivity contribution in [3.8, 4) is 0 Å². The molecule has 0 unspecified atom stereocenters. The van der Waals surface area contributed by atoms with Crippen molar-refractivity contribution in [2.45, 2.75) is 12.8 Å². The van der Waals surface area contributed by atoms with E-state index in [1.807, 2.05) is 6.07 Å². The fourth-order valence-corrected chi connectivity index (χ4v) is 1.81. The zero-order chi connectivity index (χ0) is 8.55. The Balaban J connectivity index is 0.000000845. The van der Waals surface area contributed by atoms with Crippen LogP contribution in [-0.2, 0) is 6.42 Å². The van der Waals surface area contributed by atoms with Gasteiger partial charge < -0.3 is 10.6 Å². The molecular weight excluding hydrogens is 219 g/mol. The molecule has 1 aliphatic rings. The topological polar surface area (TPSA) is 29.3 Å². The summed E-state index contributed by atoms with van der Waals surface area (Å²) in [7, 11) is 2.13. The normalized spacial score (nSPS) is 13.6. The monoisotopic (exact) mass is 234 g/mol. The zero-order valence-corrected chi connectivity index (χ0v) is 9.83. The van der Waals surface area contributed by atoms with Gasteiger partial charge in [0.05, 0.1) is 0 Å². The van der Waals surface area contributed by atoms with Gasteiger partial charge in [-0.05, 0) is 36.6 Å². The molecule has 1 aromatic carbocycles. The molecular formula is C10H16Cl2N2. The molecule has 0 fully saturated rings. The van der Waals surface area contributed by atoms with Crippen LogP contribution in [0.25, 0.3) is 0 Å². The molecule has 0 atom stereocenters. The van der Waals surface area contributed by atoms with Crippen molar-refractivity contribution in [2.75, 3.05) is 24.2 Å². The quantitative estimate of drug-likeness (QED) is 0.700. The molecule has 0 radical (unpaired) electrons. The Kier molecular flexibility index (Phi) is 5.09. The summed E-state index contributed by atoms with van der Waals surface area (Å²) in [6, 6.07) is 6.18. The molecule has 0 saturated heterocycles. The van der Waals surface area contributed by atoms with Gasteiger partial charge in [-0.1, -0.05) is 0 Å². The first-order valence-electron chi connectivity index (χ1n) is 4.37. The zero-order valence-electron chi connectivity index (χ0n) is 8.19. The predicted octanol–water partition coefficient (Wildman–Crippen LogP) is 2.49. The highest BCUT2D eigenvalue weighted by Gasteiger charge is 2.12. The van der Waals surface area contributed by atoms with Crippen LogP contribution in [0.15, 0.2) is 18.2 Å². The van der Waals surface area contributed by atoms with Gasteiger partial charge >= 0.3 is 0 Å². The maximum atomic E-state index is 5.71. The highest BCUT2D eigenvalue weighted by Crippen LogP contribution is 2.27. The van der Waals surface area contributed by atoms with E-state index in [9.17, 15) is 0 Å². The van der Waals surface area contributed by atoms with E-state index < -0.39 is 0 Å². The molecule has 1 aliphatic heterocycles. The smallest absolute Gasteiger partial charge is 0.0397 e. The first kappa shape index (κ1) is 13.4. The van der Waals surface area contributed by atoms with E-state index >= 15 is 0 Å². The third-order valence-electron chi connectivity index (χ3n) is 2.45. The van der Waals surface area contributed by atoms with Crippen molar-refractivity contribution in [3.63, 3.8) is 0 Å². The molecule has 0 aliphatic carbocycles. The van der Waals surface area contributed by atoms with Gasteiger partial charge in [0.25, 0.3) is 0 Å². The molecule has 0 spiro atoms. The maximum absolute atomic E-state index is 5.71. The number of rotatable bonds is 0. The first-order chi connectivity index (χ1) is 5.77. The molecule has 2 N–H and O–H groups in total. The van der Waals surface area contributed by atoms with Crippen LogP contribution in [0.1, 0.15) is 12.0 Å². The molecule has 1 aromatic rings. The summed E-state index contributed by atoms with van der Waals surface area (Å²) in [5, 5.41) is 0. The molecule has 0 saturated carbocycles. The van der Waals surface area contributed by atoms with E-state index in [1.54, 1.807) is 0 Å². The average molecular weight is 235 g/mol. The Labute approximate surface area is 97.3 Å². The lowest BCUT2D eigenvalue weighted by molar-refractivity contribution is 0.745. The van der Waals surface area contributed by atoms with E-state index in [2.05, 4.69) is 24.1 Å². The van der Waals surface area contributed by atoms with E-state index in [1.165, 1.54) is 24.1 Å². The van der Waals surface area contributed by atoms with Crippen LogP contribution in [-0.4, -0.2) is 13.6 Å². The number of hydrogen-bond donors (Lipinski definition) is 1. The van der Waals surface area contributed by atoms with Crippen molar-refractivity contribution in [1.82, 2.24) is 0 Å². The minimum Gasteiger partial charge on any atom is -0.399 e. The number of benzene rings is 1. The van der Waals surface area contributed by atoms with E-state index in [-0.39, 0.29) is 24.8 Å². The summed E-state index contributed by atoms with van der Waals surface area (Å²) in [5.74, 6) is 0. The first-order valence-corrected chi connectivity index (χ1v) is 4.37. The van der Waals surface area contributed by atoms with Gasteiger partial charge in [-0.15, -0.1) is 24.8 Å². The molecule has 80 valence electrons. The predicted molar refractivity (Wildman–Crippen MR) is 66.9 cm³/mol. The number of nitrogens with zero attached hydrogens (tertiary/aromatic N) is 1. The second-order valence-electron chi connectivity index (χ2n) is 3.41. The summed E-state index contributed by atoms with van der Waals surface area (Å²) in [5.41, 5.74) is 9.32. The number of hydrogen-bond acceptors (Lipinski definition) is 2. The van der Waals surface area contributed by atoms with E-state index in [4.69, 9.17) is 5.73 Å². The van der Waals surface area contributed by atoms with Gasteiger partial charge in [-0.2, -0.15) is 0 Å². The van der Waals surface area contributed by atoms with Crippen LogP contribution in [0.4, 0.5) is 11.4 Å². The third-order valence-corrected chi connectivity index (χ3v) is 2.45. The van der Waals surface area contributed by atoms with Gasteiger partial charge in [0, 0.05) is 25.0 Å². The molecule has 14 heavy (non-hydrogen) atoms. The Bertz CT molecular complexity index is 302. The molecule has 2 rings (SSSR count). The highest BCUT2D eigenvalue weighted by atomic mass is 35.5. The van der Waals surface area contributed by atoms with Crippen molar-refractivity contribution in [3.05, 3.63) is 23.8 Å². The number of anilines is 2. The molecule has 0 aromatic heterocycles. The fourth-order valence-electron chi connectivity index (χ4n) is 1.81. The summed E-state index contributed by atoms with van der Waals surface area (Å²) in [6.45, 7) is 1.16. The van der Waals surface area contributed by atoms with Crippen LogP contribution in [0, 0.1) is 0 Å². The lowest BCUT2D eigenvalue weighted by Crippen LogP contribution is -2.24. The molecule has 2 nitrogen and oxygen atoms in total. The Hall–Kier alpha value is -0.600. The van der Waals surface area contributed by atoms with Crippen LogP contribution in [0.5, 0.6) is 0 Å². The molecule has 1 heterocycles. The fraction of sp³-hybridized carbons (Fsp3) is 0.400. The molecule has 0 bridgehead atoms. The number of nitrogens with two attached hydrogens (primary N) is 1. The largest absolute Gasteiger partial charge is 0.399 e. The second-order valence-corrected chi connectivity index (χ2v) is 3.41. The minimum absolute atomic E-state index is 0. The SMILES string of the molecule is CN1CCCc2cc(N)ccc21.Cl.Cl. The van der Waals surface area contributed by atoms with E-state index in [0.29, 0.717) is 0 Å². The lowest BCUT2D eigenvalue weighted by atomic mass is 10.0. The Morgan fingerprint density at radius 2 is 2.00 bits per heavy atom. The Morgan fingerprint density at radius 3 is 2.71 bits per heavy atom. The lowest BCUT2D eigenvalue weighted by Gasteiger charge is -2.27. The summed E-state index contributed by atoms with van der Waals surface area (Å²) in [6.07, 6.45) is 2.41. The number of aryl methyl sites for hydroxylation is 1. The maximum Gasteiger partial charge on any atom is 0.0397 e. The van der Waals surface area contributed by atoms with Crippen LogP contribution in [0.2, 0.25) is 0 Å². The Morgan fingerprint density at radius 1 is 1.29 bits per heavy atom. The van der Waals surface area contributed by atoms with Gasteiger partial charge in [0.15, 0.2) is 0 Å². The van der Waals surface area contributed by atoms with Gasteiger partial charge in [0.2, 0.25) is 0 Å². The molecule has 0 amide bonds. The highest BCUT2D eigenvalue weighted by molar-refractivity contribution is 5.85. The van der Waals surface area contributed by atoms with Gasteiger partial charge in [0.1, 0.15) is 0 Å².